The molecule has 20 heavy (non-hydrogen) atoms. The van der Waals surface area contributed by atoms with Crippen LogP contribution in [0.15, 0.2) is 18.2 Å². The van der Waals surface area contributed by atoms with Gasteiger partial charge in [-0.25, -0.2) is 0 Å². The fourth-order valence-corrected chi connectivity index (χ4v) is 3.07. The second-order valence-corrected chi connectivity index (χ2v) is 5.94. The molecule has 0 aromatic heterocycles. The highest BCUT2D eigenvalue weighted by molar-refractivity contribution is 6.02. The van der Waals surface area contributed by atoms with Crippen molar-refractivity contribution in [2.45, 2.75) is 33.2 Å². The molecule has 2 rings (SSSR count). The summed E-state index contributed by atoms with van der Waals surface area (Å²) in [6.45, 7) is 7.28. The number of piperidine rings is 1. The first-order valence-electron chi connectivity index (χ1n) is 7.19. The van der Waals surface area contributed by atoms with Crippen LogP contribution in [0.1, 0.15) is 37.6 Å². The van der Waals surface area contributed by atoms with Gasteiger partial charge in [0.05, 0.1) is 7.11 Å². The van der Waals surface area contributed by atoms with E-state index in [4.69, 9.17) is 10.5 Å². The first-order valence-corrected chi connectivity index (χ1v) is 7.19. The Morgan fingerprint density at radius 2 is 2.05 bits per heavy atom. The molecule has 4 heteroatoms. The van der Waals surface area contributed by atoms with Crippen LogP contribution in [-0.2, 0) is 0 Å². The van der Waals surface area contributed by atoms with Gasteiger partial charge in [0.15, 0.2) is 0 Å². The minimum atomic E-state index is -0.0224. The van der Waals surface area contributed by atoms with E-state index < -0.39 is 0 Å². The molecule has 0 radical (unpaired) electrons. The average Bonchev–Trinajstić information content (AvgIpc) is 2.41. The molecular formula is C16H24N2O2. The summed E-state index contributed by atoms with van der Waals surface area (Å²) in [5.41, 5.74) is 6.96. The van der Waals surface area contributed by atoms with Crippen LogP contribution in [0.3, 0.4) is 0 Å². The zero-order valence-corrected chi connectivity index (χ0v) is 12.7. The van der Waals surface area contributed by atoms with Crippen LogP contribution in [0.5, 0.6) is 5.75 Å². The minimum absolute atomic E-state index is 0.0224. The van der Waals surface area contributed by atoms with Crippen molar-refractivity contribution in [1.82, 2.24) is 4.90 Å². The van der Waals surface area contributed by atoms with Crippen LogP contribution in [0.25, 0.3) is 0 Å². The van der Waals surface area contributed by atoms with E-state index >= 15 is 0 Å². The second kappa shape index (κ2) is 5.73. The lowest BCUT2D eigenvalue weighted by molar-refractivity contribution is 0.0454. The summed E-state index contributed by atoms with van der Waals surface area (Å²) >= 11 is 0. The van der Waals surface area contributed by atoms with Crippen LogP contribution in [0.2, 0.25) is 0 Å². The summed E-state index contributed by atoms with van der Waals surface area (Å²) in [7, 11) is 1.57. The van der Waals surface area contributed by atoms with Crippen LogP contribution < -0.4 is 10.5 Å². The maximum Gasteiger partial charge on any atom is 0.259 e. The average molecular weight is 276 g/mol. The molecule has 1 heterocycles. The van der Waals surface area contributed by atoms with Gasteiger partial charge in [0, 0.05) is 18.3 Å². The lowest BCUT2D eigenvalue weighted by Crippen LogP contribution is -2.49. The number of benzene rings is 1. The SMILES string of the molecule is COc1cccc(N)c1C(=O)N1CC(C)CC(C)C1C. The van der Waals surface area contributed by atoms with E-state index in [1.165, 1.54) is 0 Å². The highest BCUT2D eigenvalue weighted by Crippen LogP contribution is 2.32. The molecule has 1 aliphatic rings. The maximum absolute atomic E-state index is 12.9. The van der Waals surface area contributed by atoms with Crippen molar-refractivity contribution in [1.29, 1.82) is 0 Å². The number of hydrogen-bond acceptors (Lipinski definition) is 3. The van der Waals surface area contributed by atoms with Crippen LogP contribution in [-0.4, -0.2) is 30.5 Å². The highest BCUT2D eigenvalue weighted by Gasteiger charge is 2.34. The molecule has 3 atom stereocenters. The number of carbonyl (C=O) groups excluding carboxylic acids is 1. The molecule has 0 bridgehead atoms. The smallest absolute Gasteiger partial charge is 0.259 e. The standard InChI is InChI=1S/C16H24N2O2/c1-10-8-11(2)12(3)18(9-10)16(19)15-13(17)6-5-7-14(15)20-4/h5-7,10-12H,8-9,17H2,1-4H3. The van der Waals surface area contributed by atoms with E-state index in [1.54, 1.807) is 25.3 Å². The van der Waals surface area contributed by atoms with Crippen molar-refractivity contribution in [3.8, 4) is 5.75 Å². The number of amides is 1. The van der Waals surface area contributed by atoms with Crippen molar-refractivity contribution in [3.63, 3.8) is 0 Å². The topological polar surface area (TPSA) is 55.6 Å². The van der Waals surface area contributed by atoms with Gasteiger partial charge in [-0.3, -0.25) is 4.79 Å². The summed E-state index contributed by atoms with van der Waals surface area (Å²) in [5, 5.41) is 0. The minimum Gasteiger partial charge on any atom is -0.496 e. The van der Waals surface area contributed by atoms with Crippen LogP contribution in [0.4, 0.5) is 5.69 Å². The Morgan fingerprint density at radius 1 is 1.35 bits per heavy atom. The summed E-state index contributed by atoms with van der Waals surface area (Å²) in [6.07, 6.45) is 1.16. The van der Waals surface area contributed by atoms with Gasteiger partial charge >= 0.3 is 0 Å². The molecule has 2 N–H and O–H groups in total. The van der Waals surface area contributed by atoms with E-state index in [0.29, 0.717) is 28.8 Å². The number of hydrogen-bond donors (Lipinski definition) is 1. The van der Waals surface area contributed by atoms with E-state index in [2.05, 4.69) is 20.8 Å². The molecule has 110 valence electrons. The third-order valence-corrected chi connectivity index (χ3v) is 4.35. The van der Waals surface area contributed by atoms with Gasteiger partial charge in [-0.1, -0.05) is 19.9 Å². The van der Waals surface area contributed by atoms with Gasteiger partial charge in [0.2, 0.25) is 0 Å². The lowest BCUT2D eigenvalue weighted by Gasteiger charge is -2.41. The number of nitrogens with two attached hydrogens (primary N) is 1. The Balaban J connectivity index is 2.36. The Morgan fingerprint density at radius 3 is 2.70 bits per heavy atom. The van der Waals surface area contributed by atoms with Gasteiger partial charge in [-0.05, 0) is 37.3 Å². The number of nitrogens with zero attached hydrogens (tertiary/aromatic N) is 1. The molecule has 1 amide bonds. The molecule has 1 fully saturated rings. The predicted molar refractivity (Wildman–Crippen MR) is 80.8 cm³/mol. The molecule has 3 unspecified atom stereocenters. The molecule has 0 saturated carbocycles. The quantitative estimate of drug-likeness (QED) is 0.845. The first kappa shape index (κ1) is 14.7. The number of carbonyl (C=O) groups is 1. The van der Waals surface area contributed by atoms with Crippen LogP contribution >= 0.6 is 0 Å². The number of methoxy groups -OCH3 is 1. The van der Waals surface area contributed by atoms with Crippen molar-refractivity contribution >= 4 is 11.6 Å². The second-order valence-electron chi connectivity index (χ2n) is 5.94. The predicted octanol–water partition coefficient (Wildman–Crippen LogP) is 2.78. The van der Waals surface area contributed by atoms with E-state index in [0.717, 1.165) is 13.0 Å². The molecule has 4 nitrogen and oxygen atoms in total. The molecule has 1 aromatic rings. The largest absolute Gasteiger partial charge is 0.496 e. The summed E-state index contributed by atoms with van der Waals surface area (Å²) < 4.78 is 5.30. The third-order valence-electron chi connectivity index (χ3n) is 4.35. The van der Waals surface area contributed by atoms with E-state index in [1.807, 2.05) is 4.90 Å². The van der Waals surface area contributed by atoms with Gasteiger partial charge < -0.3 is 15.4 Å². The molecular weight excluding hydrogens is 252 g/mol. The van der Waals surface area contributed by atoms with Crippen molar-refractivity contribution in [2.24, 2.45) is 11.8 Å². The summed E-state index contributed by atoms with van der Waals surface area (Å²) in [4.78, 5) is 14.8. The Labute approximate surface area is 120 Å². The summed E-state index contributed by atoms with van der Waals surface area (Å²) in [6, 6.07) is 5.56. The zero-order chi connectivity index (χ0) is 14.9. The third kappa shape index (κ3) is 2.60. The Bertz CT molecular complexity index is 501. The van der Waals surface area contributed by atoms with Crippen molar-refractivity contribution in [2.75, 3.05) is 19.4 Å². The van der Waals surface area contributed by atoms with Gasteiger partial charge in [-0.2, -0.15) is 0 Å². The molecule has 1 aromatic carbocycles. The number of rotatable bonds is 2. The van der Waals surface area contributed by atoms with Crippen molar-refractivity contribution < 1.29 is 9.53 Å². The van der Waals surface area contributed by atoms with Gasteiger partial charge in [0.25, 0.3) is 5.91 Å². The lowest BCUT2D eigenvalue weighted by atomic mass is 9.85. The number of anilines is 1. The highest BCUT2D eigenvalue weighted by atomic mass is 16.5. The summed E-state index contributed by atoms with van der Waals surface area (Å²) in [5.74, 6) is 1.54. The van der Waals surface area contributed by atoms with Crippen LogP contribution in [0, 0.1) is 11.8 Å². The monoisotopic (exact) mass is 276 g/mol. The van der Waals surface area contributed by atoms with Gasteiger partial charge in [0.1, 0.15) is 11.3 Å². The normalized spacial score (nSPS) is 26.4. The number of nitrogen functional groups attached to an aromatic ring is 1. The fourth-order valence-electron chi connectivity index (χ4n) is 3.07. The Hall–Kier alpha value is -1.71. The van der Waals surface area contributed by atoms with Crippen molar-refractivity contribution in [3.05, 3.63) is 23.8 Å². The first-order chi connectivity index (χ1) is 9.45. The Kier molecular flexibility index (Phi) is 4.21. The maximum atomic E-state index is 12.9. The molecule has 0 spiro atoms. The zero-order valence-electron chi connectivity index (χ0n) is 12.7. The fraction of sp³-hybridized carbons (Fsp3) is 0.562. The number of likely N-dealkylation sites (tertiary alicyclic amines) is 1. The van der Waals surface area contributed by atoms with Gasteiger partial charge in [-0.15, -0.1) is 0 Å². The number of ether oxygens (including phenoxy) is 1. The molecule has 0 aliphatic carbocycles. The van der Waals surface area contributed by atoms with E-state index in [9.17, 15) is 4.79 Å². The molecule has 1 aliphatic heterocycles. The molecule has 1 saturated heterocycles. The van der Waals surface area contributed by atoms with E-state index in [-0.39, 0.29) is 11.9 Å².